The number of nitrogens with zero attached hydrogens (tertiary/aromatic N) is 2. The second kappa shape index (κ2) is 8.52. The maximum absolute atomic E-state index is 12.2. The molecule has 1 aromatic heterocycles. The Balaban J connectivity index is 1.26. The van der Waals surface area contributed by atoms with Gasteiger partial charge in [0, 0.05) is 11.1 Å². The van der Waals surface area contributed by atoms with E-state index >= 15 is 0 Å². The molecule has 0 saturated heterocycles. The van der Waals surface area contributed by atoms with Crippen LogP contribution >= 0.6 is 0 Å². The molecule has 1 aliphatic heterocycles. The van der Waals surface area contributed by atoms with Crippen LogP contribution in [0, 0.1) is 0 Å². The largest absolute Gasteiger partial charge is 0.497 e. The van der Waals surface area contributed by atoms with Gasteiger partial charge in [-0.2, -0.15) is 5.10 Å². The number of aromatic nitrogens is 3. The van der Waals surface area contributed by atoms with E-state index in [1.54, 1.807) is 25.3 Å². The zero-order valence-electron chi connectivity index (χ0n) is 16.1. The summed E-state index contributed by atoms with van der Waals surface area (Å²) in [6.07, 6.45) is 0. The predicted octanol–water partition coefficient (Wildman–Crippen LogP) is 1.26. The van der Waals surface area contributed by atoms with E-state index in [4.69, 9.17) is 14.2 Å². The molecule has 0 spiro atoms. The van der Waals surface area contributed by atoms with Crippen molar-refractivity contribution in [1.82, 2.24) is 25.8 Å². The number of nitrogens with one attached hydrogen (secondary N) is 3. The van der Waals surface area contributed by atoms with Crippen LogP contribution in [-0.2, 0) is 11.3 Å². The van der Waals surface area contributed by atoms with Crippen LogP contribution in [0.3, 0.4) is 0 Å². The van der Waals surface area contributed by atoms with Crippen LogP contribution in [0.4, 0.5) is 0 Å². The number of hydrogen-bond acceptors (Lipinski definition) is 7. The molecule has 3 aromatic rings. The van der Waals surface area contributed by atoms with Crippen molar-refractivity contribution in [2.24, 2.45) is 0 Å². The Morgan fingerprint density at radius 2 is 1.90 bits per heavy atom. The molecule has 3 N–H and O–H groups in total. The Morgan fingerprint density at radius 3 is 2.70 bits per heavy atom. The minimum atomic E-state index is -0.384. The number of fused-ring (bicyclic) bond motifs is 1. The molecule has 0 aliphatic carbocycles. The van der Waals surface area contributed by atoms with E-state index in [9.17, 15) is 9.59 Å². The van der Waals surface area contributed by atoms with Crippen LogP contribution < -0.4 is 24.8 Å². The van der Waals surface area contributed by atoms with Crippen molar-refractivity contribution < 1.29 is 23.8 Å². The van der Waals surface area contributed by atoms with E-state index in [1.807, 2.05) is 24.3 Å². The van der Waals surface area contributed by atoms with Gasteiger partial charge in [0.05, 0.1) is 20.2 Å². The number of amides is 2. The van der Waals surface area contributed by atoms with Crippen molar-refractivity contribution in [1.29, 1.82) is 0 Å². The van der Waals surface area contributed by atoms with Gasteiger partial charge in [0.1, 0.15) is 11.6 Å². The van der Waals surface area contributed by atoms with E-state index in [1.165, 1.54) is 0 Å². The zero-order valence-corrected chi connectivity index (χ0v) is 16.1. The van der Waals surface area contributed by atoms with Crippen molar-refractivity contribution in [2.75, 3.05) is 20.4 Å². The highest BCUT2D eigenvalue weighted by Crippen LogP contribution is 2.32. The summed E-state index contributed by atoms with van der Waals surface area (Å²) in [4.78, 5) is 28.6. The highest BCUT2D eigenvalue weighted by molar-refractivity contribution is 5.97. The van der Waals surface area contributed by atoms with Gasteiger partial charge in [-0.3, -0.25) is 14.7 Å². The fourth-order valence-corrected chi connectivity index (χ4v) is 2.79. The molecule has 0 radical (unpaired) electrons. The molecular formula is C20H19N5O5. The van der Waals surface area contributed by atoms with Gasteiger partial charge in [-0.25, -0.2) is 4.98 Å². The standard InChI is InChI=1S/C20H19N5O5/c1-28-14-5-2-12(3-6-14)19-23-17(24-25-19)9-21-18(26)10-22-20(27)13-4-7-15-16(8-13)30-11-29-15/h2-8H,9-11H2,1H3,(H,21,26)(H,22,27)(H,23,24,25). The van der Waals surface area contributed by atoms with Crippen LogP contribution in [0.15, 0.2) is 42.5 Å². The summed E-state index contributed by atoms with van der Waals surface area (Å²) in [5.41, 5.74) is 1.20. The molecular weight excluding hydrogens is 390 g/mol. The molecule has 0 fully saturated rings. The van der Waals surface area contributed by atoms with E-state index in [-0.39, 0.29) is 31.7 Å². The lowest BCUT2D eigenvalue weighted by atomic mass is 10.2. The first kappa shape index (κ1) is 19.2. The monoisotopic (exact) mass is 409 g/mol. The van der Waals surface area contributed by atoms with Gasteiger partial charge in [0.2, 0.25) is 12.7 Å². The number of benzene rings is 2. The lowest BCUT2D eigenvalue weighted by molar-refractivity contribution is -0.120. The summed E-state index contributed by atoms with van der Waals surface area (Å²) in [6, 6.07) is 12.2. The van der Waals surface area contributed by atoms with Gasteiger partial charge in [-0.15, -0.1) is 0 Å². The first-order valence-corrected chi connectivity index (χ1v) is 9.12. The van der Waals surface area contributed by atoms with Crippen LogP contribution in [0.5, 0.6) is 17.2 Å². The zero-order chi connectivity index (χ0) is 20.9. The van der Waals surface area contributed by atoms with Gasteiger partial charge >= 0.3 is 0 Å². The number of carbonyl (C=O) groups excluding carboxylic acids is 2. The van der Waals surface area contributed by atoms with E-state index in [2.05, 4.69) is 25.8 Å². The van der Waals surface area contributed by atoms with Crippen molar-refractivity contribution in [3.8, 4) is 28.6 Å². The van der Waals surface area contributed by atoms with Gasteiger partial charge in [-0.1, -0.05) is 0 Å². The van der Waals surface area contributed by atoms with Crippen LogP contribution in [0.25, 0.3) is 11.4 Å². The smallest absolute Gasteiger partial charge is 0.251 e. The number of rotatable bonds is 7. The number of methoxy groups -OCH3 is 1. The Labute approximate surface area is 171 Å². The molecule has 1 aliphatic rings. The lowest BCUT2D eigenvalue weighted by Gasteiger charge is -2.06. The molecule has 0 unspecified atom stereocenters. The summed E-state index contributed by atoms with van der Waals surface area (Å²) < 4.78 is 15.6. The number of ether oxygens (including phenoxy) is 3. The maximum Gasteiger partial charge on any atom is 0.251 e. The third kappa shape index (κ3) is 4.32. The molecule has 0 bridgehead atoms. The molecule has 0 atom stereocenters. The summed E-state index contributed by atoms with van der Waals surface area (Å²) >= 11 is 0. The second-order valence-electron chi connectivity index (χ2n) is 6.36. The molecule has 2 amide bonds. The van der Waals surface area contributed by atoms with Crippen LogP contribution in [0.2, 0.25) is 0 Å². The van der Waals surface area contributed by atoms with Crippen LogP contribution in [0.1, 0.15) is 16.2 Å². The maximum atomic E-state index is 12.2. The van der Waals surface area contributed by atoms with Crippen molar-refractivity contribution in [3.05, 3.63) is 53.9 Å². The number of hydrogen-bond donors (Lipinski definition) is 3. The van der Waals surface area contributed by atoms with Gasteiger partial charge in [-0.05, 0) is 42.5 Å². The average Bonchev–Trinajstić information content (AvgIpc) is 3.45. The second-order valence-corrected chi connectivity index (χ2v) is 6.36. The molecule has 10 nitrogen and oxygen atoms in total. The molecule has 154 valence electrons. The summed E-state index contributed by atoms with van der Waals surface area (Å²) in [7, 11) is 1.60. The third-order valence-corrected chi connectivity index (χ3v) is 4.38. The first-order chi connectivity index (χ1) is 14.6. The first-order valence-electron chi connectivity index (χ1n) is 9.12. The molecule has 10 heteroatoms. The lowest BCUT2D eigenvalue weighted by Crippen LogP contribution is -2.36. The van der Waals surface area contributed by atoms with Crippen molar-refractivity contribution in [2.45, 2.75) is 6.54 Å². The number of H-pyrrole nitrogens is 1. The summed E-state index contributed by atoms with van der Waals surface area (Å²) in [5, 5.41) is 12.2. The fourth-order valence-electron chi connectivity index (χ4n) is 2.79. The van der Waals surface area contributed by atoms with Gasteiger partial charge in [0.25, 0.3) is 5.91 Å². The number of carbonyl (C=O) groups is 2. The van der Waals surface area contributed by atoms with Crippen LogP contribution in [-0.4, -0.2) is 47.4 Å². The molecule has 4 rings (SSSR count). The quantitative estimate of drug-likeness (QED) is 0.536. The molecule has 30 heavy (non-hydrogen) atoms. The van der Waals surface area contributed by atoms with E-state index in [0.29, 0.717) is 28.7 Å². The van der Waals surface area contributed by atoms with Gasteiger partial charge < -0.3 is 24.8 Å². The van der Waals surface area contributed by atoms with Gasteiger partial charge in [0.15, 0.2) is 17.3 Å². The summed E-state index contributed by atoms with van der Waals surface area (Å²) in [5.74, 6) is 2.10. The molecule has 0 saturated carbocycles. The van der Waals surface area contributed by atoms with Crippen molar-refractivity contribution >= 4 is 11.8 Å². The fraction of sp³-hybridized carbons (Fsp3) is 0.200. The average molecular weight is 409 g/mol. The topological polar surface area (TPSA) is 127 Å². The highest BCUT2D eigenvalue weighted by atomic mass is 16.7. The van der Waals surface area contributed by atoms with E-state index in [0.717, 1.165) is 11.3 Å². The Hall–Kier alpha value is -4.08. The SMILES string of the molecule is COc1ccc(-c2n[nH]c(CNC(=O)CNC(=O)c3ccc4c(c3)OCO4)n2)cc1. The normalized spacial score (nSPS) is 11.8. The van der Waals surface area contributed by atoms with Crippen molar-refractivity contribution in [3.63, 3.8) is 0 Å². The predicted molar refractivity (Wildman–Crippen MR) is 105 cm³/mol. The summed E-state index contributed by atoms with van der Waals surface area (Å²) in [6.45, 7) is 0.110. The Morgan fingerprint density at radius 1 is 1.10 bits per heavy atom. The number of aromatic amines is 1. The Kier molecular flexibility index (Phi) is 5.46. The Bertz CT molecular complexity index is 1060. The third-order valence-electron chi connectivity index (χ3n) is 4.38. The molecule has 2 aromatic carbocycles. The minimum Gasteiger partial charge on any atom is -0.497 e. The van der Waals surface area contributed by atoms with E-state index < -0.39 is 0 Å². The molecule has 2 heterocycles. The minimum absolute atomic E-state index is 0.130. The highest BCUT2D eigenvalue weighted by Gasteiger charge is 2.16.